The van der Waals surface area contributed by atoms with E-state index in [1.54, 1.807) is 0 Å². The highest BCUT2D eigenvalue weighted by Gasteiger charge is 2.22. The topological polar surface area (TPSA) is 56.7 Å². The molecule has 290 valence electrons. The predicted octanol–water partition coefficient (Wildman–Crippen LogP) is 14.9. The first-order valence-electron chi connectivity index (χ1n) is 20.8. The summed E-state index contributed by atoms with van der Waals surface area (Å²) in [5, 5.41) is 4.30. The zero-order valence-electron chi connectivity index (χ0n) is 33.5. The first-order valence-corrected chi connectivity index (χ1v) is 20.8. The molecule has 3 heterocycles. The van der Waals surface area contributed by atoms with Crippen LogP contribution < -0.4 is 0 Å². The first-order chi connectivity index (χ1) is 30.7. The van der Waals surface area contributed by atoms with Crippen molar-refractivity contribution in [2.75, 3.05) is 0 Å². The van der Waals surface area contributed by atoms with Crippen LogP contribution in [-0.2, 0) is 0 Å². The fourth-order valence-electron chi connectivity index (χ4n) is 8.83. The van der Waals surface area contributed by atoms with E-state index in [0.29, 0.717) is 17.6 Å². The van der Waals surface area contributed by atoms with Crippen molar-refractivity contribution < 1.29 is 4.42 Å². The van der Waals surface area contributed by atoms with Crippen LogP contribution in [0.2, 0.25) is 0 Å². The molecule has 0 spiro atoms. The van der Waals surface area contributed by atoms with Crippen molar-refractivity contribution >= 4 is 43.7 Å². The molecule has 0 radical (unpaired) electrons. The molecule has 0 aliphatic carbocycles. The van der Waals surface area contributed by atoms with E-state index in [-0.39, 0.29) is 0 Å². The standard InChI is InChI=1S/C57H36N4O/c1-3-14-37(15-4-1)41-18-11-19-42(34-41)38-28-30-39(31-29-38)43-20-12-21-44(35-43)45-22-13-23-46(36-45)56-58-55(40-16-5-2-6-17-40)59-57(60-56)61-51-26-9-7-24-47(51)49-32-33-50-48-25-8-10-27-52(48)62-54(50)53(49)61/h1-36H. The molecular formula is C57H36N4O. The lowest BCUT2D eigenvalue weighted by Gasteiger charge is -2.12. The summed E-state index contributed by atoms with van der Waals surface area (Å²) in [4.78, 5) is 15.6. The number of fused-ring (bicyclic) bond motifs is 7. The van der Waals surface area contributed by atoms with E-state index in [9.17, 15) is 0 Å². The third kappa shape index (κ3) is 6.14. The van der Waals surface area contributed by atoms with Gasteiger partial charge < -0.3 is 4.42 Å². The van der Waals surface area contributed by atoms with Gasteiger partial charge >= 0.3 is 0 Å². The molecule has 0 saturated carbocycles. The SMILES string of the molecule is c1ccc(-c2cccc(-c3ccc(-c4cccc(-c5cccc(-c6nc(-c7ccccc7)nc(-n7c8ccccc8c8ccc9c%10ccccc%10oc9c87)n6)c5)c4)cc3)c2)cc1. The third-order valence-electron chi connectivity index (χ3n) is 11.9. The molecule has 0 aliphatic heterocycles. The fraction of sp³-hybridized carbons (Fsp3) is 0. The molecule has 5 heteroatoms. The second-order valence-electron chi connectivity index (χ2n) is 15.6. The van der Waals surface area contributed by atoms with Gasteiger partial charge in [0.25, 0.3) is 0 Å². The van der Waals surface area contributed by atoms with E-state index in [1.807, 2.05) is 42.5 Å². The van der Waals surface area contributed by atoms with E-state index in [1.165, 1.54) is 22.3 Å². The number of nitrogens with zero attached hydrogens (tertiary/aromatic N) is 4. The summed E-state index contributed by atoms with van der Waals surface area (Å²) in [6.07, 6.45) is 0. The molecule has 0 saturated heterocycles. The van der Waals surface area contributed by atoms with Crippen molar-refractivity contribution in [2.45, 2.75) is 0 Å². The maximum Gasteiger partial charge on any atom is 0.238 e. The van der Waals surface area contributed by atoms with E-state index >= 15 is 0 Å². The van der Waals surface area contributed by atoms with Gasteiger partial charge in [0, 0.05) is 32.7 Å². The summed E-state index contributed by atoms with van der Waals surface area (Å²) < 4.78 is 8.79. The lowest BCUT2D eigenvalue weighted by molar-refractivity contribution is 0.670. The van der Waals surface area contributed by atoms with Gasteiger partial charge in [-0.25, -0.2) is 4.98 Å². The van der Waals surface area contributed by atoms with Crippen LogP contribution in [0.25, 0.3) is 117 Å². The van der Waals surface area contributed by atoms with Crippen molar-refractivity contribution in [3.63, 3.8) is 0 Å². The minimum absolute atomic E-state index is 0.524. The van der Waals surface area contributed by atoms with Crippen molar-refractivity contribution in [1.29, 1.82) is 0 Å². The van der Waals surface area contributed by atoms with Crippen molar-refractivity contribution in [2.24, 2.45) is 0 Å². The van der Waals surface area contributed by atoms with Gasteiger partial charge in [0.05, 0.1) is 5.52 Å². The predicted molar refractivity (Wildman–Crippen MR) is 254 cm³/mol. The van der Waals surface area contributed by atoms with Crippen LogP contribution >= 0.6 is 0 Å². The maximum atomic E-state index is 6.65. The molecule has 0 fully saturated rings. The fourth-order valence-corrected chi connectivity index (χ4v) is 8.83. The molecule has 62 heavy (non-hydrogen) atoms. The largest absolute Gasteiger partial charge is 0.454 e. The van der Waals surface area contributed by atoms with E-state index in [2.05, 4.69) is 180 Å². The number of aromatic nitrogens is 4. The second-order valence-corrected chi connectivity index (χ2v) is 15.6. The molecule has 0 unspecified atom stereocenters. The van der Waals surface area contributed by atoms with Crippen molar-refractivity contribution in [3.8, 4) is 73.2 Å². The van der Waals surface area contributed by atoms with Crippen LogP contribution in [0.1, 0.15) is 0 Å². The monoisotopic (exact) mass is 792 g/mol. The molecule has 0 atom stereocenters. The number of hydrogen-bond donors (Lipinski definition) is 0. The van der Waals surface area contributed by atoms with Crippen molar-refractivity contribution in [1.82, 2.24) is 19.5 Å². The zero-order valence-corrected chi connectivity index (χ0v) is 33.5. The summed E-state index contributed by atoms with van der Waals surface area (Å²) in [5.41, 5.74) is 14.7. The zero-order chi connectivity index (χ0) is 41.0. The molecule has 9 aromatic carbocycles. The summed E-state index contributed by atoms with van der Waals surface area (Å²) in [5.74, 6) is 1.70. The molecule has 0 bridgehead atoms. The Morgan fingerprint density at radius 2 is 0.758 bits per heavy atom. The average molecular weight is 793 g/mol. The highest BCUT2D eigenvalue weighted by molar-refractivity contribution is 6.21. The maximum absolute atomic E-state index is 6.65. The van der Waals surface area contributed by atoms with Gasteiger partial charge in [-0.05, 0) is 80.9 Å². The Morgan fingerprint density at radius 1 is 0.306 bits per heavy atom. The van der Waals surface area contributed by atoms with Gasteiger partial charge in [-0.15, -0.1) is 0 Å². The summed E-state index contributed by atoms with van der Waals surface area (Å²) in [6, 6.07) is 76.4. The van der Waals surface area contributed by atoms with Gasteiger partial charge in [-0.1, -0.05) is 182 Å². The molecule has 0 N–H and O–H groups in total. The molecule has 0 amide bonds. The molecule has 3 aromatic heterocycles. The summed E-state index contributed by atoms with van der Waals surface area (Å²) in [6.45, 7) is 0. The Balaban J connectivity index is 0.951. The van der Waals surface area contributed by atoms with Gasteiger partial charge in [0.15, 0.2) is 17.2 Å². The highest BCUT2D eigenvalue weighted by atomic mass is 16.3. The minimum Gasteiger partial charge on any atom is -0.454 e. The van der Waals surface area contributed by atoms with Gasteiger partial charge in [0.1, 0.15) is 11.1 Å². The van der Waals surface area contributed by atoms with Crippen LogP contribution in [0.5, 0.6) is 0 Å². The Hall–Kier alpha value is -8.41. The lowest BCUT2D eigenvalue weighted by Crippen LogP contribution is -2.06. The number of rotatable bonds is 7. The number of hydrogen-bond acceptors (Lipinski definition) is 4. The second kappa shape index (κ2) is 14.7. The number of furan rings is 1. The Bertz CT molecular complexity index is 3630. The highest BCUT2D eigenvalue weighted by Crippen LogP contribution is 2.40. The smallest absolute Gasteiger partial charge is 0.238 e. The summed E-state index contributed by atoms with van der Waals surface area (Å²) in [7, 11) is 0. The normalized spacial score (nSPS) is 11.5. The first kappa shape index (κ1) is 35.5. The van der Waals surface area contributed by atoms with Crippen LogP contribution in [0.3, 0.4) is 0 Å². The Labute approximate surface area is 357 Å². The quantitative estimate of drug-likeness (QED) is 0.161. The van der Waals surface area contributed by atoms with Gasteiger partial charge in [0.2, 0.25) is 5.95 Å². The Kier molecular flexibility index (Phi) is 8.42. The molecule has 0 aliphatic rings. The lowest BCUT2D eigenvalue weighted by atomic mass is 9.95. The summed E-state index contributed by atoms with van der Waals surface area (Å²) >= 11 is 0. The molecule has 12 aromatic rings. The minimum atomic E-state index is 0.524. The van der Waals surface area contributed by atoms with Crippen LogP contribution in [-0.4, -0.2) is 19.5 Å². The van der Waals surface area contributed by atoms with Crippen LogP contribution in [0.15, 0.2) is 223 Å². The van der Waals surface area contributed by atoms with Crippen molar-refractivity contribution in [3.05, 3.63) is 218 Å². The molecule has 12 rings (SSSR count). The van der Waals surface area contributed by atoms with Gasteiger partial charge in [-0.2, -0.15) is 9.97 Å². The number of benzene rings is 9. The van der Waals surface area contributed by atoms with Crippen LogP contribution in [0.4, 0.5) is 0 Å². The molecular weight excluding hydrogens is 757 g/mol. The van der Waals surface area contributed by atoms with Gasteiger partial charge in [-0.3, -0.25) is 4.57 Å². The van der Waals surface area contributed by atoms with E-state index in [0.717, 1.165) is 77.1 Å². The number of para-hydroxylation sites is 2. The average Bonchev–Trinajstić information content (AvgIpc) is 3.91. The third-order valence-corrected chi connectivity index (χ3v) is 11.9. The van der Waals surface area contributed by atoms with E-state index in [4.69, 9.17) is 19.4 Å². The Morgan fingerprint density at radius 3 is 1.40 bits per heavy atom. The molecule has 5 nitrogen and oxygen atoms in total. The van der Waals surface area contributed by atoms with E-state index < -0.39 is 0 Å². The van der Waals surface area contributed by atoms with Crippen LogP contribution in [0, 0.1) is 0 Å².